The van der Waals surface area contributed by atoms with Crippen LogP contribution in [0, 0.1) is 11.8 Å². The molecule has 1 aliphatic heterocycles. The van der Waals surface area contributed by atoms with Crippen LogP contribution in [-0.4, -0.2) is 55.1 Å². The first kappa shape index (κ1) is 14.3. The van der Waals surface area contributed by atoms with Gasteiger partial charge in [0.15, 0.2) is 0 Å². The Labute approximate surface area is 113 Å². The van der Waals surface area contributed by atoms with E-state index in [9.17, 15) is 0 Å². The number of hydrogen-bond acceptors (Lipinski definition) is 3. The molecule has 1 saturated heterocycles. The SMILES string of the molecule is CC(C)C(CN)CN1CCN(C2CCCC2)CC1. The minimum absolute atomic E-state index is 0.669. The summed E-state index contributed by atoms with van der Waals surface area (Å²) in [5.41, 5.74) is 5.88. The summed E-state index contributed by atoms with van der Waals surface area (Å²) < 4.78 is 0. The van der Waals surface area contributed by atoms with Crippen molar-refractivity contribution in [1.82, 2.24) is 9.80 Å². The fraction of sp³-hybridized carbons (Fsp3) is 1.00. The van der Waals surface area contributed by atoms with Crippen LogP contribution in [0.1, 0.15) is 39.5 Å². The Hall–Kier alpha value is -0.120. The molecule has 1 saturated carbocycles. The van der Waals surface area contributed by atoms with Crippen LogP contribution >= 0.6 is 0 Å². The predicted molar refractivity (Wildman–Crippen MR) is 77.7 cm³/mol. The summed E-state index contributed by atoms with van der Waals surface area (Å²) >= 11 is 0. The molecule has 3 heteroatoms. The first-order valence-electron chi connectivity index (χ1n) is 7.87. The lowest BCUT2D eigenvalue weighted by Gasteiger charge is -2.39. The predicted octanol–water partition coefficient (Wildman–Crippen LogP) is 1.78. The van der Waals surface area contributed by atoms with Crippen LogP contribution in [0.2, 0.25) is 0 Å². The number of nitrogens with two attached hydrogens (primary N) is 1. The van der Waals surface area contributed by atoms with E-state index in [2.05, 4.69) is 23.6 Å². The molecule has 106 valence electrons. The van der Waals surface area contributed by atoms with Crippen LogP contribution in [0.15, 0.2) is 0 Å². The molecule has 0 aromatic carbocycles. The van der Waals surface area contributed by atoms with E-state index in [1.807, 2.05) is 0 Å². The Morgan fingerprint density at radius 3 is 2.17 bits per heavy atom. The normalized spacial score (nSPS) is 26.0. The molecule has 0 aromatic rings. The standard InChI is InChI=1S/C15H31N3/c1-13(2)14(11-16)12-17-7-9-18(10-8-17)15-5-3-4-6-15/h13-15H,3-12,16H2,1-2H3. The average molecular weight is 253 g/mol. The summed E-state index contributed by atoms with van der Waals surface area (Å²) in [5, 5.41) is 0. The molecule has 1 aliphatic carbocycles. The molecular formula is C15H31N3. The van der Waals surface area contributed by atoms with Crippen LogP contribution in [0.5, 0.6) is 0 Å². The van der Waals surface area contributed by atoms with Gasteiger partial charge in [-0.2, -0.15) is 0 Å². The van der Waals surface area contributed by atoms with Gasteiger partial charge in [-0.3, -0.25) is 4.90 Å². The first-order chi connectivity index (χ1) is 8.70. The van der Waals surface area contributed by atoms with Crippen LogP contribution < -0.4 is 5.73 Å². The van der Waals surface area contributed by atoms with Crippen LogP contribution in [0.25, 0.3) is 0 Å². The zero-order valence-corrected chi connectivity index (χ0v) is 12.3. The van der Waals surface area contributed by atoms with Crippen molar-refractivity contribution < 1.29 is 0 Å². The lowest BCUT2D eigenvalue weighted by Crippen LogP contribution is -2.51. The van der Waals surface area contributed by atoms with Crippen molar-refractivity contribution in [2.24, 2.45) is 17.6 Å². The van der Waals surface area contributed by atoms with Gasteiger partial charge >= 0.3 is 0 Å². The van der Waals surface area contributed by atoms with E-state index >= 15 is 0 Å². The Bertz CT molecular complexity index is 228. The zero-order valence-electron chi connectivity index (χ0n) is 12.3. The van der Waals surface area contributed by atoms with Gasteiger partial charge in [0, 0.05) is 38.8 Å². The molecule has 1 heterocycles. The van der Waals surface area contributed by atoms with E-state index in [0.717, 1.165) is 12.6 Å². The van der Waals surface area contributed by atoms with Crippen LogP contribution in [-0.2, 0) is 0 Å². The molecule has 3 nitrogen and oxygen atoms in total. The molecular weight excluding hydrogens is 222 g/mol. The lowest BCUT2D eigenvalue weighted by molar-refractivity contribution is 0.0827. The highest BCUT2D eigenvalue weighted by atomic mass is 15.3. The molecule has 2 rings (SSSR count). The van der Waals surface area contributed by atoms with Gasteiger partial charge in [-0.25, -0.2) is 0 Å². The topological polar surface area (TPSA) is 32.5 Å². The van der Waals surface area contributed by atoms with Crippen molar-refractivity contribution in [2.75, 3.05) is 39.3 Å². The van der Waals surface area contributed by atoms with E-state index in [0.29, 0.717) is 11.8 Å². The maximum Gasteiger partial charge on any atom is 0.0113 e. The fourth-order valence-electron chi connectivity index (χ4n) is 3.47. The number of hydrogen-bond donors (Lipinski definition) is 1. The number of nitrogens with zero attached hydrogens (tertiary/aromatic N) is 2. The highest BCUT2D eigenvalue weighted by Crippen LogP contribution is 2.24. The van der Waals surface area contributed by atoms with Gasteiger partial charge in [-0.1, -0.05) is 26.7 Å². The molecule has 18 heavy (non-hydrogen) atoms. The second kappa shape index (κ2) is 6.88. The van der Waals surface area contributed by atoms with Crippen molar-refractivity contribution in [3.63, 3.8) is 0 Å². The van der Waals surface area contributed by atoms with E-state index in [4.69, 9.17) is 5.73 Å². The molecule has 0 spiro atoms. The monoisotopic (exact) mass is 253 g/mol. The molecule has 0 bridgehead atoms. The Morgan fingerprint density at radius 2 is 1.67 bits per heavy atom. The third-order valence-electron chi connectivity index (χ3n) is 4.99. The van der Waals surface area contributed by atoms with Gasteiger partial charge in [-0.15, -0.1) is 0 Å². The van der Waals surface area contributed by atoms with Crippen molar-refractivity contribution in [2.45, 2.75) is 45.6 Å². The van der Waals surface area contributed by atoms with Crippen molar-refractivity contribution in [3.8, 4) is 0 Å². The maximum atomic E-state index is 5.88. The van der Waals surface area contributed by atoms with Gasteiger partial charge < -0.3 is 10.6 Å². The largest absolute Gasteiger partial charge is 0.330 e. The zero-order chi connectivity index (χ0) is 13.0. The van der Waals surface area contributed by atoms with Crippen LogP contribution in [0.4, 0.5) is 0 Å². The van der Waals surface area contributed by atoms with E-state index in [1.165, 1.54) is 58.4 Å². The summed E-state index contributed by atoms with van der Waals surface area (Å²) in [4.78, 5) is 5.36. The maximum absolute atomic E-state index is 5.88. The fourth-order valence-corrected chi connectivity index (χ4v) is 3.47. The molecule has 1 unspecified atom stereocenters. The van der Waals surface area contributed by atoms with Gasteiger partial charge in [0.1, 0.15) is 0 Å². The number of piperazine rings is 1. The Kier molecular flexibility index (Phi) is 5.46. The molecule has 2 fully saturated rings. The van der Waals surface area contributed by atoms with Crippen LogP contribution in [0.3, 0.4) is 0 Å². The summed E-state index contributed by atoms with van der Waals surface area (Å²) in [6.45, 7) is 11.7. The highest BCUT2D eigenvalue weighted by molar-refractivity contribution is 4.83. The molecule has 0 aromatic heterocycles. The first-order valence-corrected chi connectivity index (χ1v) is 7.87. The molecule has 2 N–H and O–H groups in total. The van der Waals surface area contributed by atoms with Crippen molar-refractivity contribution in [1.29, 1.82) is 0 Å². The summed E-state index contributed by atoms with van der Waals surface area (Å²) in [7, 11) is 0. The van der Waals surface area contributed by atoms with Gasteiger partial charge in [-0.05, 0) is 31.2 Å². The Morgan fingerprint density at radius 1 is 1.06 bits per heavy atom. The minimum atomic E-state index is 0.669. The molecule has 0 amide bonds. The molecule has 0 radical (unpaired) electrons. The summed E-state index contributed by atoms with van der Waals surface area (Å²) in [6.07, 6.45) is 5.79. The lowest BCUT2D eigenvalue weighted by atomic mass is 9.95. The average Bonchev–Trinajstić information content (AvgIpc) is 2.90. The molecule has 2 aliphatic rings. The van der Waals surface area contributed by atoms with Crippen molar-refractivity contribution in [3.05, 3.63) is 0 Å². The van der Waals surface area contributed by atoms with Gasteiger partial charge in [0.25, 0.3) is 0 Å². The molecule has 1 atom stereocenters. The van der Waals surface area contributed by atoms with E-state index in [-0.39, 0.29) is 0 Å². The smallest absolute Gasteiger partial charge is 0.0113 e. The minimum Gasteiger partial charge on any atom is -0.330 e. The summed E-state index contributed by atoms with van der Waals surface area (Å²) in [6, 6.07) is 0.905. The van der Waals surface area contributed by atoms with Gasteiger partial charge in [0.05, 0.1) is 0 Å². The summed E-state index contributed by atoms with van der Waals surface area (Å²) in [5.74, 6) is 1.38. The third kappa shape index (κ3) is 3.69. The second-order valence-corrected chi connectivity index (χ2v) is 6.51. The third-order valence-corrected chi connectivity index (χ3v) is 4.99. The second-order valence-electron chi connectivity index (χ2n) is 6.51. The highest BCUT2D eigenvalue weighted by Gasteiger charge is 2.27. The number of rotatable bonds is 5. The quantitative estimate of drug-likeness (QED) is 0.810. The van der Waals surface area contributed by atoms with E-state index in [1.54, 1.807) is 0 Å². The van der Waals surface area contributed by atoms with E-state index < -0.39 is 0 Å². The van der Waals surface area contributed by atoms with Gasteiger partial charge in [0.2, 0.25) is 0 Å². The Balaban J connectivity index is 1.72. The van der Waals surface area contributed by atoms with Crippen molar-refractivity contribution >= 4 is 0 Å².